The number of anilines is 2. The number of hydrogen-bond donors (Lipinski definition) is 2. The number of sulfonamides is 1. The first-order valence-corrected chi connectivity index (χ1v) is 19.8. The van der Waals surface area contributed by atoms with Crippen LogP contribution in [0.3, 0.4) is 0 Å². The maximum Gasteiger partial charge on any atom is 0.293 e. The Labute approximate surface area is 325 Å². The number of nitrogens with one attached hydrogen (secondary N) is 2. The Morgan fingerprint density at radius 1 is 1.11 bits per heavy atom. The Hall–Kier alpha value is -5.37. The summed E-state index contributed by atoms with van der Waals surface area (Å²) in [5.41, 5.74) is -0.501. The Balaban J connectivity index is 1.26. The highest BCUT2D eigenvalue weighted by Crippen LogP contribution is 2.68. The molecule has 0 radical (unpaired) electrons. The zero-order valence-corrected chi connectivity index (χ0v) is 31.8. The van der Waals surface area contributed by atoms with Crippen LogP contribution in [-0.4, -0.2) is 63.6 Å². The standard InChI is InChI=1S/C36H32ClF6N9O4S/c1-4-56-26-8-5-17-14-51(24-7-6-22(37)28-30(24)50(2)48-34(28)49-57(3,54)55)35(46-33(17)45-26)23(11-16-9-18(38)12-19(39)10-16)44-25(53)15-52-31-27(29(47-52)32(40)41)20-13-21(20)36(31,42)43/h5-10,12,20-21,23,32H,4,11,13-15H2,1-3H3,(H,44,53)(H,48,49)/t20-,21+,23-/m0/s1. The summed E-state index contributed by atoms with van der Waals surface area (Å²) in [6.07, 6.45) is -2.51. The van der Waals surface area contributed by atoms with Gasteiger partial charge in [-0.3, -0.25) is 18.9 Å². The Morgan fingerprint density at radius 2 is 1.84 bits per heavy atom. The second-order valence-electron chi connectivity index (χ2n) is 14.0. The van der Waals surface area contributed by atoms with Gasteiger partial charge in [-0.05, 0) is 55.2 Å². The molecule has 2 aromatic carbocycles. The van der Waals surface area contributed by atoms with Crippen molar-refractivity contribution in [1.29, 1.82) is 0 Å². The maximum atomic E-state index is 15.4. The number of rotatable bonds is 12. The van der Waals surface area contributed by atoms with Crippen molar-refractivity contribution in [3.63, 3.8) is 0 Å². The maximum absolute atomic E-state index is 15.4. The van der Waals surface area contributed by atoms with E-state index >= 15 is 8.78 Å². The highest BCUT2D eigenvalue weighted by molar-refractivity contribution is 7.92. The van der Waals surface area contributed by atoms with Crippen molar-refractivity contribution in [1.82, 2.24) is 29.9 Å². The molecule has 0 spiro atoms. The molecule has 0 bridgehead atoms. The second kappa shape index (κ2) is 13.9. The van der Waals surface area contributed by atoms with Crippen molar-refractivity contribution in [3.8, 4) is 5.88 Å². The molecule has 5 aromatic rings. The molecular formula is C36H32ClF6N9O4S. The van der Waals surface area contributed by atoms with Gasteiger partial charge in [0.1, 0.15) is 35.4 Å². The molecule has 0 saturated heterocycles. The van der Waals surface area contributed by atoms with E-state index < -0.39 is 75.7 Å². The summed E-state index contributed by atoms with van der Waals surface area (Å²) in [4.78, 5) is 25.0. The average molecular weight is 836 g/mol. The number of benzene rings is 2. The van der Waals surface area contributed by atoms with Gasteiger partial charge in [-0.1, -0.05) is 11.6 Å². The summed E-state index contributed by atoms with van der Waals surface area (Å²) in [6.45, 7) is 1.14. The van der Waals surface area contributed by atoms with Gasteiger partial charge in [-0.25, -0.2) is 31.0 Å². The van der Waals surface area contributed by atoms with Gasteiger partial charge in [0, 0.05) is 42.6 Å². The van der Waals surface area contributed by atoms with Gasteiger partial charge in [-0.2, -0.15) is 24.0 Å². The molecule has 1 saturated carbocycles. The van der Waals surface area contributed by atoms with Crippen LogP contribution >= 0.6 is 11.6 Å². The number of pyridine rings is 1. The lowest BCUT2D eigenvalue weighted by Gasteiger charge is -2.35. The van der Waals surface area contributed by atoms with E-state index in [-0.39, 0.29) is 70.9 Å². The fraction of sp³-hybridized carbons (Fsp3) is 0.361. The van der Waals surface area contributed by atoms with Gasteiger partial charge in [0.15, 0.2) is 11.6 Å². The first kappa shape index (κ1) is 38.5. The summed E-state index contributed by atoms with van der Waals surface area (Å²) < 4.78 is 123. The number of alkyl halides is 4. The predicted molar refractivity (Wildman–Crippen MR) is 197 cm³/mol. The fourth-order valence-electron chi connectivity index (χ4n) is 7.75. The largest absolute Gasteiger partial charge is 0.478 e. The molecule has 4 heterocycles. The van der Waals surface area contributed by atoms with Crippen LogP contribution in [0, 0.1) is 17.6 Å². The van der Waals surface area contributed by atoms with Gasteiger partial charge in [0.2, 0.25) is 21.8 Å². The monoisotopic (exact) mass is 835 g/mol. The second-order valence-corrected chi connectivity index (χ2v) is 16.2. The number of fused-ring (bicyclic) bond motifs is 5. The highest BCUT2D eigenvalue weighted by atomic mass is 35.5. The zero-order chi connectivity index (χ0) is 40.7. The van der Waals surface area contributed by atoms with Gasteiger partial charge in [0.05, 0.1) is 47.1 Å². The van der Waals surface area contributed by atoms with E-state index in [0.717, 1.165) is 18.4 Å². The molecule has 3 aromatic heterocycles. The van der Waals surface area contributed by atoms with Crippen LogP contribution in [0.15, 0.2) is 47.5 Å². The first-order chi connectivity index (χ1) is 26.9. The van der Waals surface area contributed by atoms with Crippen LogP contribution < -0.4 is 19.7 Å². The number of amidine groups is 1. The van der Waals surface area contributed by atoms with E-state index in [1.54, 1.807) is 37.1 Å². The molecule has 1 fully saturated rings. The van der Waals surface area contributed by atoms with Crippen LogP contribution in [0.5, 0.6) is 5.88 Å². The normalized spacial score (nSPS) is 18.6. The number of carbonyl (C=O) groups is 1. The molecule has 2 N–H and O–H groups in total. The number of hydrogen-bond acceptors (Lipinski definition) is 9. The topological polar surface area (TPSA) is 149 Å². The Bertz CT molecular complexity index is 2600. The van der Waals surface area contributed by atoms with E-state index in [2.05, 4.69) is 25.2 Å². The number of ether oxygens (including phenoxy) is 1. The van der Waals surface area contributed by atoms with Crippen LogP contribution in [0.1, 0.15) is 53.8 Å². The first-order valence-electron chi connectivity index (χ1n) is 17.6. The number of aryl methyl sites for hydroxylation is 1. The minimum atomic E-state index is -3.83. The van der Waals surface area contributed by atoms with Crippen molar-refractivity contribution in [3.05, 3.63) is 87.2 Å². The van der Waals surface area contributed by atoms with Crippen LogP contribution in [-0.2, 0) is 47.3 Å². The Morgan fingerprint density at radius 3 is 2.53 bits per heavy atom. The van der Waals surface area contributed by atoms with E-state index in [1.807, 2.05) is 0 Å². The number of halogens is 7. The highest BCUT2D eigenvalue weighted by Gasteiger charge is 2.67. The molecule has 21 heteroatoms. The van der Waals surface area contributed by atoms with Crippen molar-refractivity contribution < 1.29 is 44.3 Å². The Kier molecular flexibility index (Phi) is 9.41. The third kappa shape index (κ3) is 7.02. The minimum absolute atomic E-state index is 0.00756. The molecule has 8 rings (SSSR count). The van der Waals surface area contributed by atoms with Crippen LogP contribution in [0.25, 0.3) is 10.9 Å². The molecule has 1 amide bonds. The summed E-state index contributed by atoms with van der Waals surface area (Å²) in [5, 5.41) is 11.2. The SMILES string of the molecule is CCOc1ccc2c(n1)N=C([C@H](Cc1cc(F)cc(F)c1)NC(=O)Cn1nc(C(F)F)c3c1C(F)(F)[C@@H]1C[C@H]31)N(c1ccc(Cl)c3c(NS(C)(=O)=O)nn(C)c13)C2. The van der Waals surface area contributed by atoms with Gasteiger partial charge in [0.25, 0.3) is 12.3 Å². The smallest absolute Gasteiger partial charge is 0.293 e. The lowest BCUT2D eigenvalue weighted by Crippen LogP contribution is -2.51. The molecule has 3 aliphatic rings. The van der Waals surface area contributed by atoms with Gasteiger partial charge < -0.3 is 15.0 Å². The lowest BCUT2D eigenvalue weighted by molar-refractivity contribution is -0.122. The van der Waals surface area contributed by atoms with E-state index in [1.165, 1.54) is 10.7 Å². The number of nitrogens with zero attached hydrogens (tertiary/aromatic N) is 7. The van der Waals surface area contributed by atoms with Crippen molar-refractivity contribution in [2.24, 2.45) is 18.0 Å². The summed E-state index contributed by atoms with van der Waals surface area (Å²) in [5.74, 6) is -7.89. The zero-order valence-electron chi connectivity index (χ0n) is 30.2. The van der Waals surface area contributed by atoms with E-state index in [9.17, 15) is 30.8 Å². The molecular weight excluding hydrogens is 804 g/mol. The summed E-state index contributed by atoms with van der Waals surface area (Å²) in [6, 6.07) is 7.89. The quantitative estimate of drug-likeness (QED) is 0.136. The molecule has 57 heavy (non-hydrogen) atoms. The van der Waals surface area contributed by atoms with Crippen molar-refractivity contribution >= 4 is 61.6 Å². The molecule has 1 aliphatic heterocycles. The number of carbonyl (C=O) groups excluding carboxylic acids is 1. The number of amides is 1. The number of aromatic nitrogens is 5. The fourth-order valence-corrected chi connectivity index (χ4v) is 8.49. The van der Waals surface area contributed by atoms with Crippen LogP contribution in [0.2, 0.25) is 5.02 Å². The van der Waals surface area contributed by atoms with E-state index in [0.29, 0.717) is 27.5 Å². The third-order valence-corrected chi connectivity index (χ3v) is 10.9. The lowest BCUT2D eigenvalue weighted by atomic mass is 10.0. The third-order valence-electron chi connectivity index (χ3n) is 10.0. The number of aliphatic imine (C=N–C) groups is 1. The summed E-state index contributed by atoms with van der Waals surface area (Å²) in [7, 11) is -2.28. The molecule has 2 aliphatic carbocycles. The average Bonchev–Trinajstić information content (AvgIpc) is 3.66. The van der Waals surface area contributed by atoms with Gasteiger partial charge in [-0.15, -0.1) is 0 Å². The predicted octanol–water partition coefficient (Wildman–Crippen LogP) is 6.49. The van der Waals surface area contributed by atoms with Crippen molar-refractivity contribution in [2.45, 2.75) is 57.2 Å². The van der Waals surface area contributed by atoms with Gasteiger partial charge >= 0.3 is 0 Å². The molecule has 0 unspecified atom stereocenters. The van der Waals surface area contributed by atoms with Crippen LogP contribution in [0.4, 0.5) is 43.7 Å². The van der Waals surface area contributed by atoms with Crippen molar-refractivity contribution in [2.75, 3.05) is 22.5 Å². The molecule has 13 nitrogen and oxygen atoms in total. The molecule has 3 atom stereocenters. The minimum Gasteiger partial charge on any atom is -0.478 e. The summed E-state index contributed by atoms with van der Waals surface area (Å²) >= 11 is 6.62. The molecule has 300 valence electrons. The van der Waals surface area contributed by atoms with E-state index in [4.69, 9.17) is 21.3 Å².